The quantitative estimate of drug-likeness (QED) is 0.585. The molecule has 16 heavy (non-hydrogen) atoms. The number of carbonyl (C=O) groups excluding carboxylic acids is 1. The highest BCUT2D eigenvalue weighted by atomic mass is 16.5. The zero-order valence-corrected chi connectivity index (χ0v) is 9.18. The summed E-state index contributed by atoms with van der Waals surface area (Å²) in [6, 6.07) is 0. The van der Waals surface area contributed by atoms with Gasteiger partial charge in [0.1, 0.15) is 0 Å². The van der Waals surface area contributed by atoms with Crippen LogP contribution in [0.1, 0.15) is 19.8 Å². The van der Waals surface area contributed by atoms with Gasteiger partial charge in [0.05, 0.1) is 18.6 Å². The second-order valence-corrected chi connectivity index (χ2v) is 4.01. The molecule has 0 radical (unpaired) electrons. The maximum absolute atomic E-state index is 11.5. The Morgan fingerprint density at radius 1 is 1.56 bits per heavy atom. The Hall–Kier alpha value is -1.14. The van der Waals surface area contributed by atoms with Crippen LogP contribution in [0.4, 0.5) is 0 Å². The second kappa shape index (κ2) is 5.81. The second-order valence-electron chi connectivity index (χ2n) is 4.01. The van der Waals surface area contributed by atoms with Crippen molar-refractivity contribution in [3.63, 3.8) is 0 Å². The van der Waals surface area contributed by atoms with E-state index >= 15 is 0 Å². The maximum atomic E-state index is 11.5. The highest BCUT2D eigenvalue weighted by Gasteiger charge is 2.28. The van der Waals surface area contributed by atoms with Crippen LogP contribution in [0.15, 0.2) is 0 Å². The van der Waals surface area contributed by atoms with E-state index < -0.39 is 12.1 Å². The largest absolute Gasteiger partial charge is 0.479 e. The minimum absolute atomic E-state index is 0.0181. The lowest BCUT2D eigenvalue weighted by Crippen LogP contribution is -2.34. The number of hydrogen-bond donors (Lipinski definition) is 3. The number of carboxylic acids is 1. The normalized spacial score (nSPS) is 26.4. The van der Waals surface area contributed by atoms with E-state index in [2.05, 4.69) is 5.32 Å². The third kappa shape index (κ3) is 3.79. The average Bonchev–Trinajstić information content (AvgIpc) is 2.64. The van der Waals surface area contributed by atoms with E-state index in [9.17, 15) is 9.59 Å². The summed E-state index contributed by atoms with van der Waals surface area (Å²) in [5, 5.41) is 20.0. The number of nitrogens with one attached hydrogen (secondary N) is 1. The van der Waals surface area contributed by atoms with Gasteiger partial charge in [0, 0.05) is 13.0 Å². The molecule has 0 spiro atoms. The molecule has 6 nitrogen and oxygen atoms in total. The molecule has 1 saturated heterocycles. The molecule has 0 aliphatic carbocycles. The van der Waals surface area contributed by atoms with Gasteiger partial charge in [0.2, 0.25) is 5.91 Å². The molecule has 0 aromatic rings. The van der Waals surface area contributed by atoms with Gasteiger partial charge in [-0.25, -0.2) is 4.79 Å². The predicted octanol–water partition coefficient (Wildman–Crippen LogP) is -0.637. The lowest BCUT2D eigenvalue weighted by Gasteiger charge is -2.10. The summed E-state index contributed by atoms with van der Waals surface area (Å²) in [5.74, 6) is -1.56. The highest BCUT2D eigenvalue weighted by molar-refractivity contribution is 5.79. The first kappa shape index (κ1) is 12.9. The van der Waals surface area contributed by atoms with Crippen molar-refractivity contribution in [2.75, 3.05) is 13.2 Å². The van der Waals surface area contributed by atoms with E-state index in [0.717, 1.165) is 0 Å². The standard InChI is InChI=1S/C10H17NO5/c1-6-4-7(5-16-6)9(13)11-3-2-8(12)10(14)15/h6-8,12H,2-5H2,1H3,(H,11,13)(H,14,15)/t6?,7?,8-/m0/s1. The molecule has 1 heterocycles. The van der Waals surface area contributed by atoms with Crippen molar-refractivity contribution in [3.8, 4) is 0 Å². The summed E-state index contributed by atoms with van der Waals surface area (Å²) in [6.07, 6.45) is -0.614. The summed E-state index contributed by atoms with van der Waals surface area (Å²) in [4.78, 5) is 21.8. The van der Waals surface area contributed by atoms with Gasteiger partial charge < -0.3 is 20.3 Å². The fourth-order valence-electron chi connectivity index (χ4n) is 1.60. The molecule has 1 aliphatic rings. The molecule has 92 valence electrons. The molecule has 0 bridgehead atoms. The number of hydrogen-bond acceptors (Lipinski definition) is 4. The Labute approximate surface area is 93.6 Å². The molecule has 3 atom stereocenters. The Bertz CT molecular complexity index is 268. The van der Waals surface area contributed by atoms with E-state index in [1.54, 1.807) is 0 Å². The first-order valence-electron chi connectivity index (χ1n) is 5.31. The van der Waals surface area contributed by atoms with Crippen molar-refractivity contribution in [1.82, 2.24) is 5.32 Å². The third-order valence-electron chi connectivity index (χ3n) is 2.57. The fraction of sp³-hybridized carbons (Fsp3) is 0.800. The van der Waals surface area contributed by atoms with Crippen LogP contribution in [-0.4, -0.2) is 47.4 Å². The van der Waals surface area contributed by atoms with Gasteiger partial charge in [-0.3, -0.25) is 4.79 Å². The van der Waals surface area contributed by atoms with Crippen molar-refractivity contribution < 1.29 is 24.5 Å². The van der Waals surface area contributed by atoms with Crippen molar-refractivity contribution in [2.45, 2.75) is 32.0 Å². The predicted molar refractivity (Wildman–Crippen MR) is 54.8 cm³/mol. The Kier molecular flexibility index (Phi) is 4.70. The monoisotopic (exact) mass is 231 g/mol. The minimum Gasteiger partial charge on any atom is -0.479 e. The summed E-state index contributed by atoms with van der Waals surface area (Å²) in [7, 11) is 0. The van der Waals surface area contributed by atoms with Crippen LogP contribution in [0.25, 0.3) is 0 Å². The van der Waals surface area contributed by atoms with Crippen molar-refractivity contribution in [3.05, 3.63) is 0 Å². The summed E-state index contributed by atoms with van der Waals surface area (Å²) >= 11 is 0. The van der Waals surface area contributed by atoms with Gasteiger partial charge in [-0.2, -0.15) is 0 Å². The highest BCUT2D eigenvalue weighted by Crippen LogP contribution is 2.18. The topological polar surface area (TPSA) is 95.9 Å². The molecule has 3 N–H and O–H groups in total. The number of carboxylic acid groups (broad SMARTS) is 1. The molecule has 1 rings (SSSR count). The van der Waals surface area contributed by atoms with Crippen LogP contribution in [-0.2, 0) is 14.3 Å². The molecular formula is C10H17NO5. The van der Waals surface area contributed by atoms with Gasteiger partial charge in [0.15, 0.2) is 6.10 Å². The van der Waals surface area contributed by atoms with Gasteiger partial charge in [-0.05, 0) is 13.3 Å². The molecule has 1 aliphatic heterocycles. The van der Waals surface area contributed by atoms with Crippen LogP contribution in [0, 0.1) is 5.92 Å². The van der Waals surface area contributed by atoms with E-state index in [0.29, 0.717) is 13.0 Å². The number of ether oxygens (including phenoxy) is 1. The summed E-state index contributed by atoms with van der Waals surface area (Å²) < 4.78 is 5.25. The molecule has 1 amide bonds. The summed E-state index contributed by atoms with van der Waals surface area (Å²) in [6.45, 7) is 2.48. The van der Waals surface area contributed by atoms with Crippen molar-refractivity contribution in [1.29, 1.82) is 0 Å². The van der Waals surface area contributed by atoms with E-state index in [-0.39, 0.29) is 30.9 Å². The lowest BCUT2D eigenvalue weighted by atomic mass is 10.1. The van der Waals surface area contributed by atoms with Crippen LogP contribution in [0.5, 0.6) is 0 Å². The number of carbonyl (C=O) groups is 2. The van der Waals surface area contributed by atoms with Crippen LogP contribution < -0.4 is 5.32 Å². The number of aliphatic hydroxyl groups excluding tert-OH is 1. The Morgan fingerprint density at radius 2 is 2.25 bits per heavy atom. The lowest BCUT2D eigenvalue weighted by molar-refractivity contribution is -0.147. The van der Waals surface area contributed by atoms with Crippen LogP contribution >= 0.6 is 0 Å². The maximum Gasteiger partial charge on any atom is 0.332 e. The SMILES string of the molecule is CC1CC(C(=O)NCC[C@H](O)C(=O)O)CO1. The molecule has 0 aromatic carbocycles. The van der Waals surface area contributed by atoms with Crippen molar-refractivity contribution >= 4 is 11.9 Å². The van der Waals surface area contributed by atoms with Crippen molar-refractivity contribution in [2.24, 2.45) is 5.92 Å². The Balaban J connectivity index is 2.18. The molecular weight excluding hydrogens is 214 g/mol. The van der Waals surface area contributed by atoms with E-state index in [1.807, 2.05) is 6.92 Å². The third-order valence-corrected chi connectivity index (χ3v) is 2.57. The number of amides is 1. The van der Waals surface area contributed by atoms with E-state index in [1.165, 1.54) is 0 Å². The smallest absolute Gasteiger partial charge is 0.332 e. The van der Waals surface area contributed by atoms with Gasteiger partial charge in [0.25, 0.3) is 0 Å². The molecule has 1 fully saturated rings. The first-order valence-corrected chi connectivity index (χ1v) is 5.31. The molecule has 0 saturated carbocycles. The van der Waals surface area contributed by atoms with Gasteiger partial charge in [-0.15, -0.1) is 0 Å². The number of aliphatic hydroxyl groups is 1. The van der Waals surface area contributed by atoms with Gasteiger partial charge in [-0.1, -0.05) is 0 Å². The zero-order chi connectivity index (χ0) is 12.1. The fourth-order valence-corrected chi connectivity index (χ4v) is 1.60. The van der Waals surface area contributed by atoms with Crippen LogP contribution in [0.3, 0.4) is 0 Å². The van der Waals surface area contributed by atoms with Crippen LogP contribution in [0.2, 0.25) is 0 Å². The van der Waals surface area contributed by atoms with E-state index in [4.69, 9.17) is 14.9 Å². The zero-order valence-electron chi connectivity index (χ0n) is 9.18. The molecule has 6 heteroatoms. The van der Waals surface area contributed by atoms with Gasteiger partial charge >= 0.3 is 5.97 Å². The summed E-state index contributed by atoms with van der Waals surface area (Å²) in [5.41, 5.74) is 0. The molecule has 0 aromatic heterocycles. The first-order chi connectivity index (χ1) is 7.50. The number of rotatable bonds is 5. The minimum atomic E-state index is -1.42. The Morgan fingerprint density at radius 3 is 2.75 bits per heavy atom. The average molecular weight is 231 g/mol. The molecule has 2 unspecified atom stereocenters. The number of aliphatic carboxylic acids is 1.